The van der Waals surface area contributed by atoms with E-state index in [9.17, 15) is 13.2 Å². The summed E-state index contributed by atoms with van der Waals surface area (Å²) in [6.45, 7) is 0. The minimum absolute atomic E-state index is 0.194. The second-order valence-electron chi connectivity index (χ2n) is 5.05. The van der Waals surface area contributed by atoms with E-state index < -0.39 is 16.0 Å². The second-order valence-corrected chi connectivity index (χ2v) is 6.89. The number of alkyl halides is 1. The number of carbonyl (C=O) groups is 1. The minimum Gasteiger partial charge on any atom is -0.426 e. The molecule has 0 unspecified atom stereocenters. The number of ether oxygens (including phenoxy) is 1. The predicted molar refractivity (Wildman–Crippen MR) is 91.4 cm³/mol. The van der Waals surface area contributed by atoms with Gasteiger partial charge in [0.05, 0.1) is 0 Å². The van der Waals surface area contributed by atoms with Gasteiger partial charge < -0.3 is 9.64 Å². The van der Waals surface area contributed by atoms with Crippen LogP contribution in [-0.4, -0.2) is 33.2 Å². The molecule has 8 heteroatoms. The van der Waals surface area contributed by atoms with Crippen molar-refractivity contribution in [2.45, 2.75) is 4.90 Å². The molecule has 1 aliphatic rings. The molecule has 124 valence electrons. The number of rotatable bonds is 3. The number of sulfonamides is 1. The third-order valence-corrected chi connectivity index (χ3v) is 5.04. The molecule has 0 spiro atoms. The van der Waals surface area contributed by atoms with Crippen molar-refractivity contribution < 1.29 is 17.9 Å². The average Bonchev–Trinajstić information content (AvgIpc) is 2.87. The van der Waals surface area contributed by atoms with Crippen molar-refractivity contribution in [3.63, 3.8) is 0 Å². The van der Waals surface area contributed by atoms with Crippen molar-refractivity contribution in [1.29, 1.82) is 0 Å². The van der Waals surface area contributed by atoms with Gasteiger partial charge in [0, 0.05) is 18.3 Å². The van der Waals surface area contributed by atoms with Crippen LogP contribution in [0.3, 0.4) is 0 Å². The molecular weight excluding hydrogens is 352 g/mol. The van der Waals surface area contributed by atoms with E-state index >= 15 is 0 Å². The van der Waals surface area contributed by atoms with Crippen LogP contribution in [0.2, 0.25) is 0 Å². The summed E-state index contributed by atoms with van der Waals surface area (Å²) in [5.74, 6) is -0.0687. The van der Waals surface area contributed by atoms with Crippen LogP contribution < -0.4 is 9.64 Å². The maximum Gasteiger partial charge on any atom is 0.326 e. The Balaban J connectivity index is 1.90. The molecule has 0 amide bonds. The van der Waals surface area contributed by atoms with Crippen LogP contribution >= 0.6 is 11.6 Å². The molecule has 3 rings (SSSR count). The van der Waals surface area contributed by atoms with Gasteiger partial charge in [0.25, 0.3) is 10.0 Å². The maximum atomic E-state index is 12.1. The van der Waals surface area contributed by atoms with Gasteiger partial charge in [-0.3, -0.25) is 4.79 Å². The summed E-state index contributed by atoms with van der Waals surface area (Å²) in [7, 11) is -1.95. The van der Waals surface area contributed by atoms with Crippen molar-refractivity contribution in [3.8, 4) is 5.75 Å². The number of anilines is 1. The summed E-state index contributed by atoms with van der Waals surface area (Å²) in [5, 5.41) is 0. The summed E-state index contributed by atoms with van der Waals surface area (Å²) in [6.07, 6.45) is 0. The molecule has 6 nitrogen and oxygen atoms in total. The lowest BCUT2D eigenvalue weighted by Gasteiger charge is -2.19. The molecule has 24 heavy (non-hydrogen) atoms. The van der Waals surface area contributed by atoms with E-state index in [0.29, 0.717) is 22.8 Å². The summed E-state index contributed by atoms with van der Waals surface area (Å²) >= 11 is 5.39. The number of nitrogens with zero attached hydrogens (tertiary/aromatic N) is 2. The molecule has 0 atom stereocenters. The van der Waals surface area contributed by atoms with E-state index in [1.165, 1.54) is 6.07 Å². The zero-order chi connectivity index (χ0) is 17.3. The molecule has 0 aliphatic carbocycles. The molecule has 0 aromatic heterocycles. The van der Waals surface area contributed by atoms with Gasteiger partial charge in [0.2, 0.25) is 0 Å². The quantitative estimate of drug-likeness (QED) is 0.475. The molecular formula is C16H13ClN2O4S. The fourth-order valence-corrected chi connectivity index (χ4v) is 3.64. The predicted octanol–water partition coefficient (Wildman–Crippen LogP) is 2.42. The van der Waals surface area contributed by atoms with Gasteiger partial charge in [0.15, 0.2) is 5.84 Å². The fourth-order valence-electron chi connectivity index (χ4n) is 2.35. The number of amidine groups is 1. The average molecular weight is 365 g/mol. The van der Waals surface area contributed by atoms with Crippen molar-refractivity contribution >= 4 is 39.1 Å². The van der Waals surface area contributed by atoms with Gasteiger partial charge >= 0.3 is 5.97 Å². The normalized spacial score (nSPS) is 14.7. The molecule has 0 radical (unpaired) electrons. The zero-order valence-corrected chi connectivity index (χ0v) is 14.2. The van der Waals surface area contributed by atoms with E-state index in [1.54, 1.807) is 54.4 Å². The molecule has 1 aliphatic heterocycles. The summed E-state index contributed by atoms with van der Waals surface area (Å²) in [4.78, 5) is 13.0. The molecule has 0 saturated heterocycles. The van der Waals surface area contributed by atoms with Crippen molar-refractivity contribution in [2.24, 2.45) is 4.40 Å². The van der Waals surface area contributed by atoms with Crippen LogP contribution in [0.15, 0.2) is 57.8 Å². The molecule has 0 bridgehead atoms. The Kier molecular flexibility index (Phi) is 4.29. The topological polar surface area (TPSA) is 76.0 Å². The molecule has 0 fully saturated rings. The van der Waals surface area contributed by atoms with Crippen LogP contribution in [0.5, 0.6) is 5.75 Å². The van der Waals surface area contributed by atoms with Crippen LogP contribution in [0.1, 0.15) is 5.56 Å². The Morgan fingerprint density at radius 1 is 1.17 bits per heavy atom. The van der Waals surface area contributed by atoms with Crippen LogP contribution in [0, 0.1) is 0 Å². The largest absolute Gasteiger partial charge is 0.426 e. The first kappa shape index (κ1) is 16.5. The lowest BCUT2D eigenvalue weighted by atomic mass is 10.2. The van der Waals surface area contributed by atoms with Gasteiger partial charge in [-0.05, 0) is 36.4 Å². The van der Waals surface area contributed by atoms with Crippen molar-refractivity contribution in [1.82, 2.24) is 0 Å². The number of hydrogen-bond acceptors (Lipinski definition) is 5. The third kappa shape index (κ3) is 3.00. The van der Waals surface area contributed by atoms with E-state index in [1.807, 2.05) is 0 Å². The van der Waals surface area contributed by atoms with E-state index in [-0.39, 0.29) is 10.8 Å². The number of benzene rings is 2. The lowest BCUT2D eigenvalue weighted by Crippen LogP contribution is -2.25. The Morgan fingerprint density at radius 2 is 1.83 bits per heavy atom. The molecule has 0 saturated carbocycles. The maximum absolute atomic E-state index is 12.1. The highest BCUT2D eigenvalue weighted by molar-refractivity contribution is 7.90. The zero-order valence-electron chi connectivity index (χ0n) is 12.6. The van der Waals surface area contributed by atoms with Crippen LogP contribution in [-0.2, 0) is 14.8 Å². The minimum atomic E-state index is -3.67. The van der Waals surface area contributed by atoms with E-state index in [4.69, 9.17) is 16.3 Å². The molecule has 1 heterocycles. The van der Waals surface area contributed by atoms with Gasteiger partial charge in [-0.2, -0.15) is 8.42 Å². The lowest BCUT2D eigenvalue weighted by molar-refractivity contribution is -0.131. The summed E-state index contributed by atoms with van der Waals surface area (Å²) in [6, 6.07) is 13.3. The first-order chi connectivity index (χ1) is 11.4. The smallest absolute Gasteiger partial charge is 0.326 e. The van der Waals surface area contributed by atoms with Crippen molar-refractivity contribution in [3.05, 3.63) is 54.1 Å². The Hall–Kier alpha value is -2.38. The highest BCUT2D eigenvalue weighted by atomic mass is 35.5. The number of hydrogen-bond donors (Lipinski definition) is 0. The highest BCUT2D eigenvalue weighted by Gasteiger charge is 2.30. The number of halogens is 1. The number of fused-ring (bicyclic) bond motifs is 1. The highest BCUT2D eigenvalue weighted by Crippen LogP contribution is 2.29. The first-order valence-electron chi connectivity index (χ1n) is 6.97. The number of carbonyl (C=O) groups excluding carboxylic acids is 1. The summed E-state index contributed by atoms with van der Waals surface area (Å²) < 4.78 is 33.1. The Labute approximate surface area is 144 Å². The van der Waals surface area contributed by atoms with E-state index in [2.05, 4.69) is 4.40 Å². The van der Waals surface area contributed by atoms with Crippen LogP contribution in [0.4, 0.5) is 5.69 Å². The molecule has 2 aromatic rings. The third-order valence-electron chi connectivity index (χ3n) is 3.50. The summed E-state index contributed by atoms with van der Waals surface area (Å²) in [5.41, 5.74) is 1.25. The number of esters is 1. The molecule has 0 N–H and O–H groups in total. The first-order valence-corrected chi connectivity index (χ1v) is 8.94. The SMILES string of the molecule is CN(C1=NS(=O)(=O)c2ccccc21)c1ccc(OC(=O)CCl)cc1. The van der Waals surface area contributed by atoms with Gasteiger partial charge in [-0.1, -0.05) is 12.1 Å². The Bertz CT molecular complexity index is 923. The van der Waals surface area contributed by atoms with Gasteiger partial charge in [-0.15, -0.1) is 16.0 Å². The second kappa shape index (κ2) is 6.26. The van der Waals surface area contributed by atoms with Gasteiger partial charge in [0.1, 0.15) is 16.5 Å². The fraction of sp³-hybridized carbons (Fsp3) is 0.125. The Morgan fingerprint density at radius 3 is 2.50 bits per heavy atom. The van der Waals surface area contributed by atoms with E-state index in [0.717, 1.165) is 0 Å². The monoisotopic (exact) mass is 364 g/mol. The van der Waals surface area contributed by atoms with Gasteiger partial charge in [-0.25, -0.2) is 0 Å². The molecule has 2 aromatic carbocycles. The standard InChI is InChI=1S/C16H13ClN2O4S/c1-19(11-6-8-12(9-7-11)23-15(20)10-17)16-13-4-2-3-5-14(13)24(21,22)18-16/h2-9H,10H2,1H3. The van der Waals surface area contributed by atoms with Crippen molar-refractivity contribution in [2.75, 3.05) is 17.8 Å². The van der Waals surface area contributed by atoms with Crippen LogP contribution in [0.25, 0.3) is 0 Å².